The lowest BCUT2D eigenvalue weighted by Gasteiger charge is -2.37. The van der Waals surface area contributed by atoms with Crippen molar-refractivity contribution in [2.75, 3.05) is 40.9 Å². The van der Waals surface area contributed by atoms with Gasteiger partial charge in [-0.2, -0.15) is 0 Å². The summed E-state index contributed by atoms with van der Waals surface area (Å²) in [4.78, 5) is 27.4. The van der Waals surface area contributed by atoms with Gasteiger partial charge in [-0.15, -0.1) is 0 Å². The molecule has 38 heavy (non-hydrogen) atoms. The highest BCUT2D eigenvalue weighted by atomic mass is 16.6. The summed E-state index contributed by atoms with van der Waals surface area (Å²) < 4.78 is 0. The van der Waals surface area contributed by atoms with E-state index < -0.39 is 0 Å². The fourth-order valence-corrected chi connectivity index (χ4v) is 5.04. The molecule has 0 aliphatic carbocycles. The molecule has 194 valence electrons. The van der Waals surface area contributed by atoms with Gasteiger partial charge in [-0.25, -0.2) is 9.97 Å². The fraction of sp³-hybridized carbons (Fsp3) is 0.267. The number of aromatic nitrogens is 2. The largest absolute Gasteiger partial charge is 0.368 e. The maximum Gasteiger partial charge on any atom is 0.353 e. The van der Waals surface area contributed by atoms with Gasteiger partial charge in [-0.05, 0) is 42.2 Å². The summed E-state index contributed by atoms with van der Waals surface area (Å²) in [6.07, 6.45) is 1.46. The zero-order valence-corrected chi connectivity index (χ0v) is 21.8. The van der Waals surface area contributed by atoms with Crippen LogP contribution in [0.2, 0.25) is 0 Å². The highest BCUT2D eigenvalue weighted by Crippen LogP contribution is 2.36. The summed E-state index contributed by atoms with van der Waals surface area (Å²) in [6.45, 7) is 8.06. The molecule has 0 radical (unpaired) electrons. The van der Waals surface area contributed by atoms with Crippen molar-refractivity contribution in [1.29, 1.82) is 0 Å². The van der Waals surface area contributed by atoms with Crippen molar-refractivity contribution in [3.63, 3.8) is 0 Å². The molecular weight excluding hydrogens is 476 g/mol. The van der Waals surface area contributed by atoms with Gasteiger partial charge in [0.25, 0.3) is 0 Å². The Hall–Kier alpha value is -4.46. The summed E-state index contributed by atoms with van der Waals surface area (Å²) in [6, 6.07) is 26.3. The van der Waals surface area contributed by atoms with Gasteiger partial charge in [-0.3, -0.25) is 10.1 Å². The molecule has 1 aliphatic rings. The van der Waals surface area contributed by atoms with Crippen molar-refractivity contribution in [3.05, 3.63) is 118 Å². The highest BCUT2D eigenvalue weighted by molar-refractivity contribution is 5.72. The molecule has 1 fully saturated rings. The molecular formula is C30H32N6O2. The maximum absolute atomic E-state index is 12.5. The SMILES string of the molecule is Cc1cccc(N2CCN(c3ncnc(N(Cc4ccccc4)Cc4ccccc4)c3[N+](=O)[O-])CC2)c1C. The predicted molar refractivity (Wildman–Crippen MR) is 152 cm³/mol. The van der Waals surface area contributed by atoms with Gasteiger partial charge in [0.15, 0.2) is 0 Å². The van der Waals surface area contributed by atoms with Crippen LogP contribution in [0.25, 0.3) is 0 Å². The van der Waals surface area contributed by atoms with Crippen LogP contribution in [0.4, 0.5) is 23.0 Å². The summed E-state index contributed by atoms with van der Waals surface area (Å²) >= 11 is 0. The molecule has 0 bridgehead atoms. The molecule has 0 amide bonds. The van der Waals surface area contributed by atoms with Crippen LogP contribution < -0.4 is 14.7 Å². The lowest BCUT2D eigenvalue weighted by atomic mass is 10.1. The summed E-state index contributed by atoms with van der Waals surface area (Å²) in [5, 5.41) is 12.5. The van der Waals surface area contributed by atoms with Gasteiger partial charge in [-0.1, -0.05) is 72.8 Å². The number of nitrogens with zero attached hydrogens (tertiary/aromatic N) is 6. The van der Waals surface area contributed by atoms with Crippen LogP contribution in [0.1, 0.15) is 22.3 Å². The molecule has 8 heteroatoms. The van der Waals surface area contributed by atoms with E-state index in [0.717, 1.165) is 24.2 Å². The molecule has 0 saturated carbocycles. The Labute approximate surface area is 223 Å². The van der Waals surface area contributed by atoms with Gasteiger partial charge in [0.1, 0.15) is 6.33 Å². The van der Waals surface area contributed by atoms with E-state index in [1.807, 2.05) is 70.5 Å². The number of hydrogen-bond acceptors (Lipinski definition) is 7. The second-order valence-corrected chi connectivity index (χ2v) is 9.65. The van der Waals surface area contributed by atoms with E-state index in [-0.39, 0.29) is 10.6 Å². The molecule has 5 rings (SSSR count). The van der Waals surface area contributed by atoms with E-state index >= 15 is 0 Å². The normalized spacial score (nSPS) is 13.4. The van der Waals surface area contributed by atoms with Crippen molar-refractivity contribution in [2.45, 2.75) is 26.9 Å². The molecule has 1 aliphatic heterocycles. The van der Waals surface area contributed by atoms with Crippen molar-refractivity contribution in [1.82, 2.24) is 9.97 Å². The van der Waals surface area contributed by atoms with E-state index in [9.17, 15) is 10.1 Å². The average molecular weight is 509 g/mol. The minimum Gasteiger partial charge on any atom is -0.368 e. The van der Waals surface area contributed by atoms with Gasteiger partial charge in [0.05, 0.1) is 4.92 Å². The van der Waals surface area contributed by atoms with E-state index in [0.29, 0.717) is 37.8 Å². The predicted octanol–water partition coefficient (Wildman–Crippen LogP) is 5.54. The third kappa shape index (κ3) is 5.44. The van der Waals surface area contributed by atoms with E-state index in [2.05, 4.69) is 46.9 Å². The molecule has 1 aromatic heterocycles. The summed E-state index contributed by atoms with van der Waals surface area (Å²) in [7, 11) is 0. The molecule has 3 aromatic carbocycles. The quantitative estimate of drug-likeness (QED) is 0.229. The molecule has 8 nitrogen and oxygen atoms in total. The average Bonchev–Trinajstić information content (AvgIpc) is 2.95. The third-order valence-corrected chi connectivity index (χ3v) is 7.19. The van der Waals surface area contributed by atoms with E-state index in [4.69, 9.17) is 0 Å². The van der Waals surface area contributed by atoms with E-state index in [1.165, 1.54) is 23.1 Å². The van der Waals surface area contributed by atoms with Crippen LogP contribution in [0.3, 0.4) is 0 Å². The Bertz CT molecular complexity index is 1350. The van der Waals surface area contributed by atoms with Crippen molar-refractivity contribution in [3.8, 4) is 0 Å². The molecule has 1 saturated heterocycles. The molecule has 4 aromatic rings. The van der Waals surface area contributed by atoms with E-state index in [1.54, 1.807) is 0 Å². The second kappa shape index (κ2) is 11.3. The topological polar surface area (TPSA) is 78.6 Å². The van der Waals surface area contributed by atoms with Gasteiger partial charge < -0.3 is 14.7 Å². The Morgan fingerprint density at radius 2 is 1.37 bits per heavy atom. The first-order valence-electron chi connectivity index (χ1n) is 12.9. The fourth-order valence-electron chi connectivity index (χ4n) is 5.04. The molecule has 0 spiro atoms. The Morgan fingerprint density at radius 3 is 1.95 bits per heavy atom. The van der Waals surface area contributed by atoms with Gasteiger partial charge >= 0.3 is 5.69 Å². The highest BCUT2D eigenvalue weighted by Gasteiger charge is 2.32. The number of anilines is 3. The van der Waals surface area contributed by atoms with Crippen LogP contribution in [0.15, 0.2) is 85.2 Å². The van der Waals surface area contributed by atoms with Crippen molar-refractivity contribution in [2.24, 2.45) is 0 Å². The first kappa shape index (κ1) is 25.2. The zero-order chi connectivity index (χ0) is 26.5. The maximum atomic E-state index is 12.5. The number of benzene rings is 3. The summed E-state index contributed by atoms with van der Waals surface area (Å²) in [5.74, 6) is 0.719. The Morgan fingerprint density at radius 1 is 0.789 bits per heavy atom. The third-order valence-electron chi connectivity index (χ3n) is 7.19. The first-order valence-corrected chi connectivity index (χ1v) is 12.9. The zero-order valence-electron chi connectivity index (χ0n) is 21.8. The number of aryl methyl sites for hydroxylation is 1. The molecule has 0 unspecified atom stereocenters. The molecule has 0 N–H and O–H groups in total. The lowest BCUT2D eigenvalue weighted by molar-refractivity contribution is -0.383. The van der Waals surface area contributed by atoms with Crippen molar-refractivity contribution < 1.29 is 4.92 Å². The number of nitro groups is 1. The first-order chi connectivity index (χ1) is 18.5. The monoisotopic (exact) mass is 508 g/mol. The van der Waals surface area contributed by atoms with Crippen LogP contribution >= 0.6 is 0 Å². The summed E-state index contributed by atoms with van der Waals surface area (Å²) in [5.41, 5.74) is 5.82. The minimum atomic E-state index is -0.329. The number of piperazine rings is 1. The standard InChI is InChI=1S/C30H32N6O2/c1-23-10-9-15-27(24(23)2)33-16-18-34(19-17-33)29-28(36(37)38)30(32-22-31-29)35(20-25-11-5-3-6-12-25)21-26-13-7-4-8-14-26/h3-15,22H,16-21H2,1-2H3. The smallest absolute Gasteiger partial charge is 0.353 e. The van der Waals surface area contributed by atoms with Gasteiger partial charge in [0.2, 0.25) is 11.6 Å². The van der Waals surface area contributed by atoms with Crippen LogP contribution in [0, 0.1) is 24.0 Å². The minimum absolute atomic E-state index is 0.0421. The number of hydrogen-bond donors (Lipinski definition) is 0. The Balaban J connectivity index is 1.45. The second-order valence-electron chi connectivity index (χ2n) is 9.65. The lowest BCUT2D eigenvalue weighted by Crippen LogP contribution is -2.47. The molecule has 0 atom stereocenters. The van der Waals surface area contributed by atoms with Crippen LogP contribution in [-0.2, 0) is 13.1 Å². The Kier molecular flexibility index (Phi) is 7.49. The number of rotatable bonds is 8. The molecule has 2 heterocycles. The van der Waals surface area contributed by atoms with Crippen molar-refractivity contribution >= 4 is 23.0 Å². The van der Waals surface area contributed by atoms with Crippen LogP contribution in [-0.4, -0.2) is 41.1 Å². The van der Waals surface area contributed by atoms with Crippen LogP contribution in [0.5, 0.6) is 0 Å². The van der Waals surface area contributed by atoms with Gasteiger partial charge in [0, 0.05) is 45.0 Å².